The number of hydrogen-bond acceptors (Lipinski definition) is 4. The van der Waals surface area contributed by atoms with Crippen molar-refractivity contribution in [3.05, 3.63) is 21.9 Å². The van der Waals surface area contributed by atoms with Crippen LogP contribution >= 0.6 is 11.3 Å². The lowest BCUT2D eigenvalue weighted by Gasteiger charge is -2.33. The van der Waals surface area contributed by atoms with Crippen LogP contribution in [0.25, 0.3) is 0 Å². The molecule has 2 amide bonds. The van der Waals surface area contributed by atoms with Gasteiger partial charge in [0.05, 0.1) is 6.54 Å². The Balaban J connectivity index is 1.90. The molecule has 3 N–H and O–H groups in total. The average Bonchev–Trinajstić information content (AvgIpc) is 2.83. The van der Waals surface area contributed by atoms with Crippen LogP contribution in [0.4, 0.5) is 4.79 Å². The van der Waals surface area contributed by atoms with Crippen LogP contribution < -0.4 is 10.6 Å². The molecule has 0 radical (unpaired) electrons. The summed E-state index contributed by atoms with van der Waals surface area (Å²) in [6.07, 6.45) is 0.571. The van der Waals surface area contributed by atoms with Gasteiger partial charge in [-0.1, -0.05) is 0 Å². The summed E-state index contributed by atoms with van der Waals surface area (Å²) in [5, 5.41) is 14.6. The van der Waals surface area contributed by atoms with Gasteiger partial charge in [0.15, 0.2) is 0 Å². The summed E-state index contributed by atoms with van der Waals surface area (Å²) in [6.45, 7) is 3.08. The second-order valence-corrected chi connectivity index (χ2v) is 6.19. The lowest BCUT2D eigenvalue weighted by atomic mass is 9.90. The third kappa shape index (κ3) is 3.49. The Morgan fingerprint density at radius 3 is 2.65 bits per heavy atom. The number of aliphatic carboxylic acids is 1. The maximum absolute atomic E-state index is 11.9. The van der Waals surface area contributed by atoms with Crippen LogP contribution in [0.1, 0.15) is 22.6 Å². The summed E-state index contributed by atoms with van der Waals surface area (Å²) in [5.74, 6) is -1.01. The first-order chi connectivity index (χ1) is 9.52. The Labute approximate surface area is 121 Å². The molecule has 0 saturated carbocycles. The van der Waals surface area contributed by atoms with E-state index in [4.69, 9.17) is 4.74 Å². The zero-order valence-electron chi connectivity index (χ0n) is 11.3. The zero-order valence-corrected chi connectivity index (χ0v) is 12.1. The number of carboxylic acid groups (broad SMARTS) is 1. The fourth-order valence-electron chi connectivity index (χ4n) is 2.12. The zero-order chi connectivity index (χ0) is 14.6. The van der Waals surface area contributed by atoms with Crippen molar-refractivity contribution in [1.29, 1.82) is 0 Å². The minimum atomic E-state index is -1.21. The molecule has 0 unspecified atom stereocenters. The molecule has 20 heavy (non-hydrogen) atoms. The largest absolute Gasteiger partial charge is 0.480 e. The van der Waals surface area contributed by atoms with Gasteiger partial charge >= 0.3 is 12.0 Å². The first-order valence-electron chi connectivity index (χ1n) is 6.44. The molecule has 1 fully saturated rings. The van der Waals surface area contributed by atoms with Gasteiger partial charge in [-0.15, -0.1) is 11.3 Å². The van der Waals surface area contributed by atoms with Gasteiger partial charge in [0.2, 0.25) is 0 Å². The van der Waals surface area contributed by atoms with Crippen LogP contribution in [0.5, 0.6) is 0 Å². The minimum absolute atomic E-state index is 0.286. The number of urea groups is 1. The highest BCUT2D eigenvalue weighted by Gasteiger charge is 2.41. The Hall–Kier alpha value is -1.60. The first-order valence-corrected chi connectivity index (χ1v) is 7.26. The van der Waals surface area contributed by atoms with E-state index in [2.05, 4.69) is 10.6 Å². The van der Waals surface area contributed by atoms with Gasteiger partial charge in [0.1, 0.15) is 5.54 Å². The van der Waals surface area contributed by atoms with Crippen LogP contribution in [0.15, 0.2) is 12.1 Å². The summed E-state index contributed by atoms with van der Waals surface area (Å²) >= 11 is 1.60. The van der Waals surface area contributed by atoms with Gasteiger partial charge < -0.3 is 20.5 Å². The number of nitrogens with one attached hydrogen (secondary N) is 2. The van der Waals surface area contributed by atoms with E-state index in [1.165, 1.54) is 4.88 Å². The molecule has 2 rings (SSSR count). The van der Waals surface area contributed by atoms with E-state index in [9.17, 15) is 14.7 Å². The number of amides is 2. The Bertz CT molecular complexity index is 494. The molecule has 1 aromatic heterocycles. The monoisotopic (exact) mass is 298 g/mol. The van der Waals surface area contributed by atoms with Crippen LogP contribution in [0, 0.1) is 6.92 Å². The average molecular weight is 298 g/mol. The second-order valence-electron chi connectivity index (χ2n) is 4.82. The first kappa shape index (κ1) is 14.8. The van der Waals surface area contributed by atoms with E-state index in [-0.39, 0.29) is 12.8 Å². The van der Waals surface area contributed by atoms with E-state index in [1.54, 1.807) is 11.3 Å². The Kier molecular flexibility index (Phi) is 4.61. The number of carboxylic acids is 1. The molecule has 110 valence electrons. The molecule has 0 aliphatic carbocycles. The predicted molar refractivity (Wildman–Crippen MR) is 74.8 cm³/mol. The van der Waals surface area contributed by atoms with Crippen molar-refractivity contribution in [2.45, 2.75) is 31.8 Å². The summed E-state index contributed by atoms with van der Waals surface area (Å²) in [5.41, 5.74) is -1.21. The molecule has 2 heterocycles. The van der Waals surface area contributed by atoms with Crippen LogP contribution in [0.2, 0.25) is 0 Å². The van der Waals surface area contributed by atoms with Crippen LogP contribution in [-0.4, -0.2) is 35.9 Å². The number of carbonyl (C=O) groups is 2. The standard InChI is InChI=1S/C13H18N2O4S/c1-9-2-3-10(20-9)8-14-12(18)15-13(11(16)17)4-6-19-7-5-13/h2-3H,4-8H2,1H3,(H,16,17)(H2,14,15,18). The molecule has 1 aliphatic heterocycles. The summed E-state index contributed by atoms with van der Waals surface area (Å²) in [7, 11) is 0. The van der Waals surface area contributed by atoms with Crippen LogP contribution in [-0.2, 0) is 16.1 Å². The number of hydrogen-bond donors (Lipinski definition) is 3. The normalized spacial score (nSPS) is 17.4. The van der Waals surface area contributed by atoms with Crippen molar-refractivity contribution in [3.63, 3.8) is 0 Å². The molecule has 1 aliphatic rings. The molecular formula is C13H18N2O4S. The van der Waals surface area contributed by atoms with Gasteiger partial charge in [-0.2, -0.15) is 0 Å². The third-order valence-corrected chi connectivity index (χ3v) is 4.33. The van der Waals surface area contributed by atoms with Gasteiger partial charge in [0, 0.05) is 35.8 Å². The lowest BCUT2D eigenvalue weighted by Crippen LogP contribution is -2.59. The maximum Gasteiger partial charge on any atom is 0.329 e. The maximum atomic E-state index is 11.9. The topological polar surface area (TPSA) is 87.7 Å². The predicted octanol–water partition coefficient (Wildman–Crippen LogP) is 1.49. The smallest absolute Gasteiger partial charge is 0.329 e. The van der Waals surface area contributed by atoms with E-state index >= 15 is 0 Å². The fraction of sp³-hybridized carbons (Fsp3) is 0.538. The molecule has 6 nitrogen and oxygen atoms in total. The molecule has 1 aromatic rings. The second kappa shape index (κ2) is 6.23. The molecule has 1 saturated heterocycles. The highest BCUT2D eigenvalue weighted by Crippen LogP contribution is 2.21. The molecular weight excluding hydrogens is 280 g/mol. The van der Waals surface area contributed by atoms with Crippen molar-refractivity contribution in [2.75, 3.05) is 13.2 Å². The van der Waals surface area contributed by atoms with Gasteiger partial charge in [-0.3, -0.25) is 0 Å². The Morgan fingerprint density at radius 1 is 1.40 bits per heavy atom. The van der Waals surface area contributed by atoms with Crippen molar-refractivity contribution in [3.8, 4) is 0 Å². The number of ether oxygens (including phenoxy) is 1. The molecule has 0 bridgehead atoms. The van der Waals surface area contributed by atoms with Gasteiger partial charge in [0.25, 0.3) is 0 Å². The quantitative estimate of drug-likeness (QED) is 0.786. The van der Waals surface area contributed by atoms with E-state index in [1.807, 2.05) is 19.1 Å². The number of carbonyl (C=O) groups excluding carboxylic acids is 1. The highest BCUT2D eigenvalue weighted by atomic mass is 32.1. The van der Waals surface area contributed by atoms with E-state index in [0.29, 0.717) is 19.8 Å². The SMILES string of the molecule is Cc1ccc(CNC(=O)NC2(C(=O)O)CCOCC2)s1. The molecule has 0 spiro atoms. The van der Waals surface area contributed by atoms with Gasteiger partial charge in [-0.05, 0) is 19.1 Å². The summed E-state index contributed by atoms with van der Waals surface area (Å²) < 4.78 is 5.16. The van der Waals surface area contributed by atoms with Crippen molar-refractivity contribution >= 4 is 23.3 Å². The lowest BCUT2D eigenvalue weighted by molar-refractivity contribution is -0.148. The van der Waals surface area contributed by atoms with Crippen molar-refractivity contribution in [1.82, 2.24) is 10.6 Å². The molecule has 0 aromatic carbocycles. The van der Waals surface area contributed by atoms with E-state index in [0.717, 1.165) is 4.88 Å². The summed E-state index contributed by atoms with van der Waals surface area (Å²) in [6, 6.07) is 3.47. The Morgan fingerprint density at radius 2 is 2.10 bits per heavy atom. The van der Waals surface area contributed by atoms with Crippen molar-refractivity contribution in [2.24, 2.45) is 0 Å². The number of rotatable bonds is 4. The fourth-order valence-corrected chi connectivity index (χ4v) is 2.95. The highest BCUT2D eigenvalue weighted by molar-refractivity contribution is 7.11. The molecule has 0 atom stereocenters. The minimum Gasteiger partial charge on any atom is -0.480 e. The van der Waals surface area contributed by atoms with Gasteiger partial charge in [-0.25, -0.2) is 9.59 Å². The number of aryl methyl sites for hydroxylation is 1. The van der Waals surface area contributed by atoms with Crippen LogP contribution in [0.3, 0.4) is 0 Å². The number of thiophene rings is 1. The van der Waals surface area contributed by atoms with Crippen molar-refractivity contribution < 1.29 is 19.4 Å². The molecule has 7 heteroatoms. The third-order valence-electron chi connectivity index (χ3n) is 3.33. The van der Waals surface area contributed by atoms with E-state index < -0.39 is 17.5 Å². The summed E-state index contributed by atoms with van der Waals surface area (Å²) in [4.78, 5) is 25.5.